The third-order valence-corrected chi connectivity index (χ3v) is 7.77. The molecule has 3 amide bonds. The van der Waals surface area contributed by atoms with Crippen LogP contribution >= 0.6 is 11.6 Å². The molecule has 0 atom stereocenters. The number of sulfonamides is 1. The van der Waals surface area contributed by atoms with E-state index in [4.69, 9.17) is 16.3 Å². The van der Waals surface area contributed by atoms with Gasteiger partial charge in [0.2, 0.25) is 10.0 Å². The number of benzene rings is 2. The van der Waals surface area contributed by atoms with Crippen molar-refractivity contribution < 1.29 is 22.7 Å². The molecule has 4 rings (SSSR count). The Labute approximate surface area is 186 Å². The van der Waals surface area contributed by atoms with Crippen LogP contribution in [-0.4, -0.2) is 62.3 Å². The molecule has 164 valence electrons. The van der Waals surface area contributed by atoms with Crippen LogP contribution in [0.15, 0.2) is 53.4 Å². The second-order valence-electron chi connectivity index (χ2n) is 7.41. The van der Waals surface area contributed by atoms with Gasteiger partial charge in [-0.1, -0.05) is 29.8 Å². The van der Waals surface area contributed by atoms with Gasteiger partial charge in [0.05, 0.1) is 12.8 Å². The van der Waals surface area contributed by atoms with Crippen LogP contribution in [0.25, 0.3) is 0 Å². The highest BCUT2D eigenvalue weighted by Gasteiger charge is 2.42. The van der Waals surface area contributed by atoms with E-state index in [-0.39, 0.29) is 48.3 Å². The van der Waals surface area contributed by atoms with Crippen molar-refractivity contribution in [1.82, 2.24) is 9.21 Å². The Kier molecular flexibility index (Phi) is 5.92. The molecule has 0 aromatic heterocycles. The molecule has 0 N–H and O–H groups in total. The van der Waals surface area contributed by atoms with Crippen LogP contribution in [0.5, 0.6) is 5.75 Å². The Morgan fingerprint density at radius 2 is 1.71 bits per heavy atom. The van der Waals surface area contributed by atoms with Crippen molar-refractivity contribution in [3.63, 3.8) is 0 Å². The fourth-order valence-electron chi connectivity index (χ4n) is 4.02. The van der Waals surface area contributed by atoms with E-state index in [1.807, 2.05) is 6.07 Å². The van der Waals surface area contributed by atoms with Gasteiger partial charge >= 0.3 is 6.03 Å². The van der Waals surface area contributed by atoms with Crippen LogP contribution < -0.4 is 9.64 Å². The number of para-hydroxylation sites is 1. The number of carbonyl (C=O) groups is 2. The number of piperidine rings is 1. The molecule has 2 aliphatic heterocycles. The van der Waals surface area contributed by atoms with E-state index in [9.17, 15) is 18.0 Å². The molecule has 0 bridgehead atoms. The summed E-state index contributed by atoms with van der Waals surface area (Å²) in [7, 11) is -2.40. The van der Waals surface area contributed by atoms with Gasteiger partial charge in [0.1, 0.15) is 17.2 Å². The van der Waals surface area contributed by atoms with E-state index in [2.05, 4.69) is 0 Å². The van der Waals surface area contributed by atoms with Gasteiger partial charge in [-0.2, -0.15) is 4.31 Å². The third kappa shape index (κ3) is 4.00. The molecular formula is C21H22ClN3O5S. The molecule has 2 saturated heterocycles. The third-order valence-electron chi connectivity index (χ3n) is 5.61. The monoisotopic (exact) mass is 463 g/mol. The topological polar surface area (TPSA) is 87.2 Å². The van der Waals surface area contributed by atoms with E-state index >= 15 is 0 Å². The van der Waals surface area contributed by atoms with Crippen molar-refractivity contribution in [3.8, 4) is 5.75 Å². The van der Waals surface area contributed by atoms with Crippen LogP contribution in [0, 0.1) is 0 Å². The van der Waals surface area contributed by atoms with E-state index in [0.717, 1.165) is 0 Å². The fourth-order valence-corrected chi connectivity index (χ4v) is 5.91. The Balaban J connectivity index is 1.47. The first-order valence-corrected chi connectivity index (χ1v) is 11.7. The molecule has 8 nitrogen and oxygen atoms in total. The number of amides is 3. The van der Waals surface area contributed by atoms with Crippen LogP contribution in [0.4, 0.5) is 10.5 Å². The number of halogens is 1. The number of carbonyl (C=O) groups excluding carboxylic acids is 2. The highest BCUT2D eigenvalue weighted by molar-refractivity contribution is 7.89. The number of ether oxygens (including phenoxy) is 1. The van der Waals surface area contributed by atoms with Gasteiger partial charge in [-0.05, 0) is 43.2 Å². The highest BCUT2D eigenvalue weighted by Crippen LogP contribution is 2.32. The van der Waals surface area contributed by atoms with Crippen LogP contribution in [0.2, 0.25) is 5.02 Å². The fraction of sp³-hybridized carbons (Fsp3) is 0.333. The smallest absolute Gasteiger partial charge is 0.332 e. The van der Waals surface area contributed by atoms with E-state index in [1.54, 1.807) is 35.2 Å². The first-order chi connectivity index (χ1) is 14.8. The summed E-state index contributed by atoms with van der Waals surface area (Å²) >= 11 is 6.00. The number of rotatable bonds is 5. The molecule has 0 radical (unpaired) electrons. The molecule has 31 heavy (non-hydrogen) atoms. The van der Waals surface area contributed by atoms with Crippen molar-refractivity contribution in [1.29, 1.82) is 0 Å². The summed E-state index contributed by atoms with van der Waals surface area (Å²) in [5.74, 6) is -0.0553. The van der Waals surface area contributed by atoms with E-state index < -0.39 is 10.0 Å². The summed E-state index contributed by atoms with van der Waals surface area (Å²) in [6.07, 6.45) is 0.869. The minimum atomic E-state index is -3.81. The number of methoxy groups -OCH3 is 1. The number of nitrogens with zero attached hydrogens (tertiary/aromatic N) is 3. The number of hydrogen-bond donors (Lipinski definition) is 0. The summed E-state index contributed by atoms with van der Waals surface area (Å²) in [4.78, 5) is 28.1. The molecule has 10 heteroatoms. The van der Waals surface area contributed by atoms with Gasteiger partial charge in [-0.15, -0.1) is 0 Å². The Morgan fingerprint density at radius 3 is 2.35 bits per heavy atom. The molecule has 0 unspecified atom stereocenters. The minimum absolute atomic E-state index is 0.00669. The number of imide groups is 1. The number of anilines is 1. The molecule has 2 aliphatic rings. The van der Waals surface area contributed by atoms with Crippen LogP contribution in [0.3, 0.4) is 0 Å². The zero-order valence-corrected chi connectivity index (χ0v) is 18.5. The normalized spacial score (nSPS) is 18.6. The zero-order valence-electron chi connectivity index (χ0n) is 16.9. The Hall–Kier alpha value is -2.62. The maximum absolute atomic E-state index is 13.1. The van der Waals surface area contributed by atoms with Crippen molar-refractivity contribution in [2.24, 2.45) is 0 Å². The molecule has 0 aliphatic carbocycles. The quantitative estimate of drug-likeness (QED) is 0.636. The lowest BCUT2D eigenvalue weighted by Crippen LogP contribution is -2.48. The lowest BCUT2D eigenvalue weighted by Gasteiger charge is -2.35. The second kappa shape index (κ2) is 8.49. The predicted molar refractivity (Wildman–Crippen MR) is 116 cm³/mol. The average molecular weight is 464 g/mol. The lowest BCUT2D eigenvalue weighted by molar-refractivity contribution is -0.116. The number of urea groups is 1. The van der Waals surface area contributed by atoms with Gasteiger partial charge in [0.25, 0.3) is 5.91 Å². The van der Waals surface area contributed by atoms with Gasteiger partial charge < -0.3 is 9.64 Å². The Bertz CT molecular complexity index is 1100. The maximum atomic E-state index is 13.1. The first-order valence-electron chi connectivity index (χ1n) is 9.85. The molecule has 2 heterocycles. The highest BCUT2D eigenvalue weighted by atomic mass is 35.5. The van der Waals surface area contributed by atoms with Gasteiger partial charge in [-0.25, -0.2) is 18.1 Å². The van der Waals surface area contributed by atoms with Crippen molar-refractivity contribution in [3.05, 3.63) is 53.6 Å². The SMILES string of the molecule is COc1ccc(Cl)cc1S(=O)(=O)N1CCC(N2CC(=O)N(c3ccccc3)C2=O)CC1. The van der Waals surface area contributed by atoms with Crippen LogP contribution in [-0.2, 0) is 14.8 Å². The number of hydrogen-bond acceptors (Lipinski definition) is 5. The summed E-state index contributed by atoms with van der Waals surface area (Å²) in [5, 5.41) is 0.302. The predicted octanol–water partition coefficient (Wildman–Crippen LogP) is 2.97. The summed E-state index contributed by atoms with van der Waals surface area (Å²) in [6.45, 7) is 0.450. The Morgan fingerprint density at radius 1 is 1.03 bits per heavy atom. The van der Waals surface area contributed by atoms with Gasteiger partial charge in [-0.3, -0.25) is 4.79 Å². The largest absolute Gasteiger partial charge is 0.495 e. The first kappa shape index (κ1) is 21.6. The second-order valence-corrected chi connectivity index (χ2v) is 9.75. The molecule has 2 aromatic carbocycles. The molecule has 0 spiro atoms. The minimum Gasteiger partial charge on any atom is -0.495 e. The van der Waals surface area contributed by atoms with Crippen molar-refractivity contribution >= 4 is 39.2 Å². The summed E-state index contributed by atoms with van der Waals surface area (Å²) in [5.41, 5.74) is 0.535. The van der Waals surface area contributed by atoms with Gasteiger partial charge in [0, 0.05) is 24.2 Å². The van der Waals surface area contributed by atoms with Crippen molar-refractivity contribution in [2.75, 3.05) is 31.6 Å². The van der Waals surface area contributed by atoms with E-state index in [0.29, 0.717) is 23.6 Å². The summed E-state index contributed by atoms with van der Waals surface area (Å²) in [6, 6.07) is 12.7. The van der Waals surface area contributed by atoms with Crippen LogP contribution in [0.1, 0.15) is 12.8 Å². The summed E-state index contributed by atoms with van der Waals surface area (Å²) < 4.78 is 32.9. The molecule has 2 aromatic rings. The van der Waals surface area contributed by atoms with Crippen molar-refractivity contribution in [2.45, 2.75) is 23.8 Å². The average Bonchev–Trinajstić information content (AvgIpc) is 3.08. The standard InChI is InChI=1S/C21H22ClN3O5S/c1-30-18-8-7-15(22)13-19(18)31(28,29)23-11-9-16(10-12-23)24-14-20(26)25(21(24)27)17-5-3-2-4-6-17/h2-8,13,16H,9-12,14H2,1H3. The zero-order chi connectivity index (χ0) is 22.2. The van der Waals surface area contributed by atoms with Gasteiger partial charge in [0.15, 0.2) is 0 Å². The lowest BCUT2D eigenvalue weighted by atomic mass is 10.1. The van der Waals surface area contributed by atoms with E-state index in [1.165, 1.54) is 28.4 Å². The molecule has 2 fully saturated rings. The maximum Gasteiger partial charge on any atom is 0.332 e. The molecule has 0 saturated carbocycles. The molecular weight excluding hydrogens is 442 g/mol.